The minimum Gasteiger partial charge on any atom is -0.481 e. The van der Waals surface area contributed by atoms with Gasteiger partial charge in [0, 0.05) is 13.0 Å². The molecule has 0 radical (unpaired) electrons. The maximum absolute atomic E-state index is 12.7. The topological polar surface area (TPSA) is 273 Å². The van der Waals surface area contributed by atoms with Crippen LogP contribution in [-0.2, 0) is 24.0 Å². The first-order chi connectivity index (χ1) is 14.9. The molecule has 0 aliphatic carbocycles. The van der Waals surface area contributed by atoms with E-state index in [-0.39, 0.29) is 31.8 Å². The summed E-state index contributed by atoms with van der Waals surface area (Å²) in [7, 11) is 0. The normalized spacial score (nSPS) is 14.2. The van der Waals surface area contributed by atoms with Crippen LogP contribution >= 0.6 is 0 Å². The highest BCUT2D eigenvalue weighted by atomic mass is 16.4. The first-order valence-corrected chi connectivity index (χ1v) is 9.66. The zero-order valence-corrected chi connectivity index (χ0v) is 17.6. The summed E-state index contributed by atoms with van der Waals surface area (Å²) in [6, 6.07) is -5.19. The molecule has 0 aromatic rings. The number of nitrogens with zero attached hydrogens (tertiary/aromatic N) is 1. The SMILES string of the molecule is CC(N)C(=O)NC(CCCN=C(N)N)C(=O)NC(CCC(=O)O)C(=O)NC(CO)C(=O)O. The van der Waals surface area contributed by atoms with Crippen molar-refractivity contribution in [1.29, 1.82) is 0 Å². The molecule has 0 bridgehead atoms. The van der Waals surface area contributed by atoms with Gasteiger partial charge in [-0.1, -0.05) is 0 Å². The molecule has 15 nitrogen and oxygen atoms in total. The van der Waals surface area contributed by atoms with E-state index < -0.39 is 66.9 Å². The predicted molar refractivity (Wildman–Crippen MR) is 111 cm³/mol. The molecule has 4 atom stereocenters. The van der Waals surface area contributed by atoms with E-state index in [1.807, 2.05) is 5.32 Å². The minimum absolute atomic E-state index is 0.0583. The Kier molecular flexibility index (Phi) is 13.0. The summed E-state index contributed by atoms with van der Waals surface area (Å²) < 4.78 is 0. The van der Waals surface area contributed by atoms with Crippen molar-refractivity contribution in [2.45, 2.75) is 56.8 Å². The van der Waals surface area contributed by atoms with Crippen LogP contribution < -0.4 is 33.2 Å². The van der Waals surface area contributed by atoms with Crippen LogP contribution in [0.1, 0.15) is 32.6 Å². The second kappa shape index (κ2) is 14.5. The van der Waals surface area contributed by atoms with Crippen molar-refractivity contribution in [3.63, 3.8) is 0 Å². The minimum atomic E-state index is -1.65. The monoisotopic (exact) mass is 461 g/mol. The molecule has 0 aliphatic heterocycles. The van der Waals surface area contributed by atoms with Crippen LogP contribution in [0.4, 0.5) is 0 Å². The predicted octanol–water partition coefficient (Wildman–Crippen LogP) is -4.22. The molecule has 0 rings (SSSR count). The third-order valence-corrected chi connectivity index (χ3v) is 4.07. The molecule has 0 aliphatic rings. The Bertz CT molecular complexity index is 709. The molecule has 0 spiro atoms. The first kappa shape index (κ1) is 28.5. The van der Waals surface area contributed by atoms with Crippen molar-refractivity contribution >= 4 is 35.6 Å². The molecule has 0 heterocycles. The van der Waals surface area contributed by atoms with E-state index >= 15 is 0 Å². The van der Waals surface area contributed by atoms with Crippen LogP contribution in [0.15, 0.2) is 4.99 Å². The molecule has 0 aromatic carbocycles. The second-order valence-electron chi connectivity index (χ2n) is 6.87. The smallest absolute Gasteiger partial charge is 0.328 e. The molecule has 15 heteroatoms. The summed E-state index contributed by atoms with van der Waals surface area (Å²) >= 11 is 0. The average Bonchev–Trinajstić information content (AvgIpc) is 2.70. The average molecular weight is 461 g/mol. The summed E-state index contributed by atoms with van der Waals surface area (Å²) in [5.41, 5.74) is 16.0. The van der Waals surface area contributed by atoms with Gasteiger partial charge in [0.25, 0.3) is 0 Å². The van der Waals surface area contributed by atoms with E-state index in [0.29, 0.717) is 0 Å². The number of aliphatic hydroxyl groups is 1. The number of carboxylic acids is 2. The Balaban J connectivity index is 5.44. The lowest BCUT2D eigenvalue weighted by molar-refractivity contribution is -0.144. The fourth-order valence-corrected chi connectivity index (χ4v) is 2.34. The summed E-state index contributed by atoms with van der Waals surface area (Å²) in [4.78, 5) is 62.8. The van der Waals surface area contributed by atoms with Crippen LogP contribution in [-0.4, -0.2) is 88.3 Å². The number of carboxylic acid groups (broad SMARTS) is 2. The van der Waals surface area contributed by atoms with E-state index in [9.17, 15) is 24.0 Å². The fourth-order valence-electron chi connectivity index (χ4n) is 2.34. The van der Waals surface area contributed by atoms with E-state index in [0.717, 1.165) is 0 Å². The third-order valence-electron chi connectivity index (χ3n) is 4.07. The van der Waals surface area contributed by atoms with Crippen LogP contribution in [0, 0.1) is 0 Å². The summed E-state index contributed by atoms with van der Waals surface area (Å²) in [5.74, 6) is -5.43. The van der Waals surface area contributed by atoms with Crippen molar-refractivity contribution in [1.82, 2.24) is 16.0 Å². The lowest BCUT2D eigenvalue weighted by Gasteiger charge is -2.24. The molecule has 182 valence electrons. The standard InChI is InChI=1S/C17H31N7O8/c1-8(18)13(28)22-9(3-2-6-21-17(19)20)14(29)23-10(4-5-12(26)27)15(30)24-11(7-25)16(31)32/h8-11,25H,2-7,18H2,1H3,(H,22,28)(H,23,29)(H,24,30)(H,26,27)(H,31,32)(H4,19,20,21). The maximum atomic E-state index is 12.7. The molecule has 0 saturated carbocycles. The van der Waals surface area contributed by atoms with Gasteiger partial charge in [0.05, 0.1) is 12.6 Å². The van der Waals surface area contributed by atoms with Gasteiger partial charge < -0.3 is 48.5 Å². The second-order valence-corrected chi connectivity index (χ2v) is 6.87. The van der Waals surface area contributed by atoms with E-state index in [1.165, 1.54) is 6.92 Å². The van der Waals surface area contributed by atoms with Gasteiger partial charge in [-0.15, -0.1) is 0 Å². The maximum Gasteiger partial charge on any atom is 0.328 e. The van der Waals surface area contributed by atoms with Gasteiger partial charge in [0.15, 0.2) is 5.96 Å². The van der Waals surface area contributed by atoms with Crippen LogP contribution in [0.25, 0.3) is 0 Å². The van der Waals surface area contributed by atoms with Crippen molar-refractivity contribution < 1.29 is 39.3 Å². The number of amides is 3. The van der Waals surface area contributed by atoms with E-state index in [1.54, 1.807) is 0 Å². The lowest BCUT2D eigenvalue weighted by Crippen LogP contribution is -2.57. The molecule has 0 saturated heterocycles. The Morgan fingerprint density at radius 1 is 0.875 bits per heavy atom. The zero-order chi connectivity index (χ0) is 24.8. The highest BCUT2D eigenvalue weighted by Gasteiger charge is 2.30. The number of aliphatic carboxylic acids is 2. The molecule has 0 aromatic heterocycles. The van der Waals surface area contributed by atoms with Crippen LogP contribution in [0.2, 0.25) is 0 Å². The van der Waals surface area contributed by atoms with Crippen LogP contribution in [0.3, 0.4) is 0 Å². The number of nitrogens with one attached hydrogen (secondary N) is 3. The Hall–Kier alpha value is -3.46. The number of nitrogens with two attached hydrogens (primary N) is 3. The number of hydrogen-bond donors (Lipinski definition) is 9. The molecular weight excluding hydrogens is 430 g/mol. The van der Waals surface area contributed by atoms with Gasteiger partial charge in [-0.3, -0.25) is 24.2 Å². The van der Waals surface area contributed by atoms with Crippen molar-refractivity contribution in [2.75, 3.05) is 13.2 Å². The van der Waals surface area contributed by atoms with Gasteiger partial charge in [-0.05, 0) is 26.2 Å². The number of aliphatic imine (C=N–C) groups is 1. The number of carbonyl (C=O) groups is 5. The van der Waals surface area contributed by atoms with Gasteiger partial charge in [0.1, 0.15) is 18.1 Å². The lowest BCUT2D eigenvalue weighted by atomic mass is 10.1. The van der Waals surface area contributed by atoms with Gasteiger partial charge >= 0.3 is 11.9 Å². The van der Waals surface area contributed by atoms with Crippen molar-refractivity contribution in [2.24, 2.45) is 22.2 Å². The third kappa shape index (κ3) is 11.7. The molecule has 0 fully saturated rings. The number of carbonyl (C=O) groups excluding carboxylic acids is 3. The van der Waals surface area contributed by atoms with Crippen molar-refractivity contribution in [3.05, 3.63) is 0 Å². The van der Waals surface area contributed by atoms with Crippen molar-refractivity contribution in [3.8, 4) is 0 Å². The summed E-state index contributed by atoms with van der Waals surface area (Å²) in [5, 5.41) is 33.6. The number of aliphatic hydroxyl groups excluding tert-OH is 1. The zero-order valence-electron chi connectivity index (χ0n) is 17.6. The summed E-state index contributed by atoms with van der Waals surface area (Å²) in [6.45, 7) is 0.631. The quantitative estimate of drug-likeness (QED) is 0.0640. The summed E-state index contributed by atoms with van der Waals surface area (Å²) in [6.07, 6.45) is -0.557. The highest BCUT2D eigenvalue weighted by molar-refractivity contribution is 5.94. The molecular formula is C17H31N7O8. The first-order valence-electron chi connectivity index (χ1n) is 9.66. The molecule has 4 unspecified atom stereocenters. The largest absolute Gasteiger partial charge is 0.481 e. The van der Waals surface area contributed by atoms with E-state index in [2.05, 4.69) is 15.6 Å². The fraction of sp³-hybridized carbons (Fsp3) is 0.647. The van der Waals surface area contributed by atoms with Gasteiger partial charge in [-0.25, -0.2) is 4.79 Å². The number of guanidine groups is 1. The Morgan fingerprint density at radius 3 is 1.81 bits per heavy atom. The molecule has 32 heavy (non-hydrogen) atoms. The number of hydrogen-bond acceptors (Lipinski definition) is 8. The van der Waals surface area contributed by atoms with E-state index in [4.69, 9.17) is 32.5 Å². The molecule has 3 amide bonds. The Morgan fingerprint density at radius 2 is 1.38 bits per heavy atom. The molecule has 12 N–H and O–H groups in total. The highest BCUT2D eigenvalue weighted by Crippen LogP contribution is 2.04. The van der Waals surface area contributed by atoms with Gasteiger partial charge in [-0.2, -0.15) is 0 Å². The number of rotatable bonds is 15. The van der Waals surface area contributed by atoms with Gasteiger partial charge in [0.2, 0.25) is 17.7 Å². The van der Waals surface area contributed by atoms with Crippen LogP contribution in [0.5, 0.6) is 0 Å². The Labute approximate surface area is 183 Å².